The first-order valence-corrected chi connectivity index (χ1v) is 8.95. The van der Waals surface area contributed by atoms with Crippen LogP contribution in [0, 0.1) is 13.8 Å². The van der Waals surface area contributed by atoms with E-state index in [1.54, 1.807) is 30.5 Å². The second-order valence-corrected chi connectivity index (χ2v) is 8.13. The molecular formula is C15H15N3O2S2. The highest BCUT2D eigenvalue weighted by Gasteiger charge is 2.16. The zero-order valence-corrected chi connectivity index (χ0v) is 13.8. The Morgan fingerprint density at radius 3 is 2.64 bits per heavy atom. The van der Waals surface area contributed by atoms with Gasteiger partial charge in [-0.05, 0) is 38.1 Å². The largest absolute Gasteiger partial charge is 0.342 e. The molecule has 2 N–H and O–H groups in total. The molecule has 0 bridgehead atoms. The number of thiophene rings is 1. The number of hydrogen-bond donors (Lipinski definition) is 2. The molecule has 0 atom stereocenters. The summed E-state index contributed by atoms with van der Waals surface area (Å²) >= 11 is 1.25. The maximum absolute atomic E-state index is 12.3. The Labute approximate surface area is 133 Å². The number of aromatic nitrogens is 2. The number of anilines is 1. The molecule has 0 saturated heterocycles. The minimum Gasteiger partial charge on any atom is -0.342 e. The molecule has 0 unspecified atom stereocenters. The van der Waals surface area contributed by atoms with Gasteiger partial charge < -0.3 is 4.98 Å². The van der Waals surface area contributed by atoms with E-state index in [4.69, 9.17) is 0 Å². The van der Waals surface area contributed by atoms with Crippen molar-refractivity contribution in [2.24, 2.45) is 0 Å². The molecule has 5 nitrogen and oxygen atoms in total. The Hall–Kier alpha value is -2.12. The number of benzene rings is 1. The number of nitrogens with one attached hydrogen (secondary N) is 2. The fraction of sp³-hybridized carbons (Fsp3) is 0.133. The molecule has 3 rings (SSSR count). The van der Waals surface area contributed by atoms with Gasteiger partial charge in [-0.25, -0.2) is 13.4 Å². The van der Waals surface area contributed by atoms with Crippen molar-refractivity contribution in [1.82, 2.24) is 9.97 Å². The standard InChI is InChI=1S/C15H15N3O2S2/c1-10-6-7-15(21-10)22(19,20)18-13-5-3-4-12(8-13)14-9-16-11(2)17-14/h3-9,18H,1-2H3,(H,16,17). The monoisotopic (exact) mass is 333 g/mol. The molecule has 3 aromatic rings. The van der Waals surface area contributed by atoms with E-state index in [1.807, 2.05) is 26.0 Å². The topological polar surface area (TPSA) is 74.8 Å². The van der Waals surface area contributed by atoms with E-state index in [1.165, 1.54) is 11.3 Å². The molecule has 2 heterocycles. The number of rotatable bonds is 4. The lowest BCUT2D eigenvalue weighted by Crippen LogP contribution is -2.11. The highest BCUT2D eigenvalue weighted by molar-refractivity contribution is 7.94. The molecule has 0 radical (unpaired) electrons. The average molecular weight is 333 g/mol. The molecule has 0 aliphatic carbocycles. The molecule has 0 amide bonds. The predicted octanol–water partition coefficient (Wildman–Crippen LogP) is 3.56. The van der Waals surface area contributed by atoms with Gasteiger partial charge in [-0.3, -0.25) is 4.72 Å². The van der Waals surface area contributed by atoms with Gasteiger partial charge in [0, 0.05) is 16.1 Å². The molecular weight excluding hydrogens is 318 g/mol. The average Bonchev–Trinajstić information content (AvgIpc) is 3.08. The van der Waals surface area contributed by atoms with Crippen LogP contribution in [-0.4, -0.2) is 18.4 Å². The Balaban J connectivity index is 1.90. The molecule has 7 heteroatoms. The third-order valence-corrected chi connectivity index (χ3v) is 5.98. The maximum Gasteiger partial charge on any atom is 0.271 e. The van der Waals surface area contributed by atoms with E-state index in [2.05, 4.69) is 14.7 Å². The summed E-state index contributed by atoms with van der Waals surface area (Å²) in [6, 6.07) is 10.6. The number of aromatic amines is 1. The van der Waals surface area contributed by atoms with Gasteiger partial charge in [-0.2, -0.15) is 0 Å². The molecule has 22 heavy (non-hydrogen) atoms. The van der Waals surface area contributed by atoms with Crippen LogP contribution in [0.15, 0.2) is 46.8 Å². The molecule has 0 spiro atoms. The van der Waals surface area contributed by atoms with Gasteiger partial charge in [0.05, 0.1) is 11.9 Å². The minimum atomic E-state index is -3.54. The highest BCUT2D eigenvalue weighted by Crippen LogP contribution is 2.26. The highest BCUT2D eigenvalue weighted by atomic mass is 32.2. The summed E-state index contributed by atoms with van der Waals surface area (Å²) in [5.74, 6) is 0.815. The van der Waals surface area contributed by atoms with Gasteiger partial charge in [-0.15, -0.1) is 11.3 Å². The third-order valence-electron chi connectivity index (χ3n) is 3.11. The summed E-state index contributed by atoms with van der Waals surface area (Å²) < 4.78 is 27.6. The van der Waals surface area contributed by atoms with E-state index in [0.717, 1.165) is 22.0 Å². The van der Waals surface area contributed by atoms with Crippen LogP contribution in [-0.2, 0) is 10.0 Å². The van der Waals surface area contributed by atoms with E-state index < -0.39 is 10.0 Å². The minimum absolute atomic E-state index is 0.313. The molecule has 0 aliphatic heterocycles. The lowest BCUT2D eigenvalue weighted by atomic mass is 10.1. The lowest BCUT2D eigenvalue weighted by Gasteiger charge is -2.07. The first-order chi connectivity index (χ1) is 10.4. The summed E-state index contributed by atoms with van der Waals surface area (Å²) in [5.41, 5.74) is 2.25. The second-order valence-electron chi connectivity index (χ2n) is 4.93. The quantitative estimate of drug-likeness (QED) is 0.766. The van der Waals surface area contributed by atoms with Crippen molar-refractivity contribution in [2.45, 2.75) is 18.1 Å². The summed E-state index contributed by atoms with van der Waals surface area (Å²) in [5, 5.41) is 0. The zero-order valence-electron chi connectivity index (χ0n) is 12.1. The van der Waals surface area contributed by atoms with Crippen LogP contribution in [0.3, 0.4) is 0 Å². The Bertz CT molecular complexity index is 910. The molecule has 0 fully saturated rings. The fourth-order valence-electron chi connectivity index (χ4n) is 2.08. The SMILES string of the molecule is Cc1ncc(-c2cccc(NS(=O)(=O)c3ccc(C)s3)c2)[nH]1. The second kappa shape index (κ2) is 5.58. The summed E-state index contributed by atoms with van der Waals surface area (Å²) in [6.45, 7) is 3.75. The van der Waals surface area contributed by atoms with Gasteiger partial charge in [0.25, 0.3) is 10.0 Å². The lowest BCUT2D eigenvalue weighted by molar-refractivity contribution is 0.603. The van der Waals surface area contributed by atoms with Crippen molar-refractivity contribution in [2.75, 3.05) is 4.72 Å². The van der Waals surface area contributed by atoms with Crippen molar-refractivity contribution in [3.05, 3.63) is 53.3 Å². The number of hydrogen-bond acceptors (Lipinski definition) is 4. The molecule has 114 valence electrons. The van der Waals surface area contributed by atoms with Crippen LogP contribution in [0.1, 0.15) is 10.7 Å². The molecule has 1 aromatic carbocycles. The van der Waals surface area contributed by atoms with Crippen molar-refractivity contribution in [3.63, 3.8) is 0 Å². The van der Waals surface area contributed by atoms with Gasteiger partial charge >= 0.3 is 0 Å². The zero-order chi connectivity index (χ0) is 15.7. The molecule has 2 aromatic heterocycles. The first kappa shape index (κ1) is 14.8. The Kier molecular flexibility index (Phi) is 3.76. The van der Waals surface area contributed by atoms with Crippen LogP contribution in [0.5, 0.6) is 0 Å². The number of sulfonamides is 1. The Morgan fingerprint density at radius 2 is 2.00 bits per heavy atom. The van der Waals surface area contributed by atoms with Gasteiger partial charge in [0.15, 0.2) is 0 Å². The number of H-pyrrole nitrogens is 1. The van der Waals surface area contributed by atoms with Crippen LogP contribution in [0.25, 0.3) is 11.3 Å². The summed E-state index contributed by atoms with van der Waals surface area (Å²) in [7, 11) is -3.54. The van der Waals surface area contributed by atoms with Gasteiger partial charge in [0.2, 0.25) is 0 Å². The van der Waals surface area contributed by atoms with Crippen molar-refractivity contribution >= 4 is 27.0 Å². The third kappa shape index (κ3) is 3.05. The fourth-order valence-corrected chi connectivity index (χ4v) is 4.41. The van der Waals surface area contributed by atoms with E-state index >= 15 is 0 Å². The summed E-state index contributed by atoms with van der Waals surface area (Å²) in [6.07, 6.45) is 1.73. The van der Waals surface area contributed by atoms with E-state index in [9.17, 15) is 8.42 Å². The van der Waals surface area contributed by atoms with Crippen LogP contribution >= 0.6 is 11.3 Å². The van der Waals surface area contributed by atoms with Crippen LogP contribution < -0.4 is 4.72 Å². The van der Waals surface area contributed by atoms with E-state index in [0.29, 0.717) is 9.90 Å². The van der Waals surface area contributed by atoms with Crippen molar-refractivity contribution < 1.29 is 8.42 Å². The first-order valence-electron chi connectivity index (χ1n) is 6.65. The van der Waals surface area contributed by atoms with Crippen LogP contribution in [0.2, 0.25) is 0 Å². The normalized spacial score (nSPS) is 11.5. The van der Waals surface area contributed by atoms with Crippen LogP contribution in [0.4, 0.5) is 5.69 Å². The summed E-state index contributed by atoms with van der Waals surface area (Å²) in [4.78, 5) is 8.25. The Morgan fingerprint density at radius 1 is 1.18 bits per heavy atom. The van der Waals surface area contributed by atoms with Gasteiger partial charge in [-0.1, -0.05) is 12.1 Å². The number of imidazole rings is 1. The van der Waals surface area contributed by atoms with Crippen molar-refractivity contribution in [3.8, 4) is 11.3 Å². The molecule has 0 saturated carbocycles. The van der Waals surface area contributed by atoms with E-state index in [-0.39, 0.29) is 0 Å². The maximum atomic E-state index is 12.3. The molecule has 0 aliphatic rings. The number of nitrogens with zero attached hydrogens (tertiary/aromatic N) is 1. The van der Waals surface area contributed by atoms with Crippen molar-refractivity contribution in [1.29, 1.82) is 0 Å². The smallest absolute Gasteiger partial charge is 0.271 e. The predicted molar refractivity (Wildman–Crippen MR) is 88.6 cm³/mol. The van der Waals surface area contributed by atoms with Gasteiger partial charge in [0.1, 0.15) is 10.0 Å². The number of aryl methyl sites for hydroxylation is 2.